The molecule has 0 aliphatic carbocycles. The fourth-order valence-corrected chi connectivity index (χ4v) is 2.40. The van der Waals surface area contributed by atoms with Crippen molar-refractivity contribution in [3.63, 3.8) is 0 Å². The van der Waals surface area contributed by atoms with Crippen LogP contribution in [0, 0.1) is 0 Å². The average molecular weight is 264 g/mol. The van der Waals surface area contributed by atoms with Crippen LogP contribution in [0.4, 0.5) is 5.82 Å². The Morgan fingerprint density at radius 2 is 2.11 bits per heavy atom. The third-order valence-corrected chi connectivity index (χ3v) is 3.48. The highest BCUT2D eigenvalue weighted by molar-refractivity contribution is 5.34. The molecule has 2 saturated heterocycles. The number of aromatic nitrogens is 2. The molecule has 6 heteroatoms. The predicted octanol–water partition coefficient (Wildman–Crippen LogP) is 0.728. The Bertz CT molecular complexity index is 403. The molecule has 0 unspecified atom stereocenters. The largest absolute Gasteiger partial charge is 0.381 e. The molecule has 1 atom stereocenters. The van der Waals surface area contributed by atoms with E-state index >= 15 is 0 Å². The van der Waals surface area contributed by atoms with Gasteiger partial charge in [-0.3, -0.25) is 0 Å². The Hall–Kier alpha value is -1.24. The van der Waals surface area contributed by atoms with Gasteiger partial charge in [0.05, 0.1) is 19.3 Å². The minimum atomic E-state index is 0.102. The third-order valence-electron chi connectivity index (χ3n) is 3.48. The number of nitrogens with zero attached hydrogens (tertiary/aromatic N) is 2. The molecule has 2 fully saturated rings. The molecule has 2 aliphatic rings. The van der Waals surface area contributed by atoms with Crippen molar-refractivity contribution >= 4 is 5.82 Å². The van der Waals surface area contributed by atoms with E-state index in [1.54, 1.807) is 6.20 Å². The summed E-state index contributed by atoms with van der Waals surface area (Å²) in [6.45, 7) is 3.91. The second-order valence-corrected chi connectivity index (χ2v) is 4.91. The van der Waals surface area contributed by atoms with Gasteiger partial charge >= 0.3 is 0 Å². The van der Waals surface area contributed by atoms with Crippen LogP contribution >= 0.6 is 0 Å². The Kier molecular flexibility index (Phi) is 4.22. The summed E-state index contributed by atoms with van der Waals surface area (Å²) in [4.78, 5) is 8.92. The molecule has 19 heavy (non-hydrogen) atoms. The molecule has 6 nitrogen and oxygen atoms in total. The SMILES string of the molecule is c1cc(NC2CCOCC2)nc([C@H]2COCCN2)n1. The molecule has 0 amide bonds. The summed E-state index contributed by atoms with van der Waals surface area (Å²) in [6, 6.07) is 2.47. The number of hydrogen-bond acceptors (Lipinski definition) is 6. The molecule has 2 aliphatic heterocycles. The van der Waals surface area contributed by atoms with Crippen molar-refractivity contribution in [1.82, 2.24) is 15.3 Å². The number of nitrogens with one attached hydrogen (secondary N) is 2. The van der Waals surface area contributed by atoms with E-state index in [1.165, 1.54) is 0 Å². The lowest BCUT2D eigenvalue weighted by molar-refractivity contribution is 0.0742. The molecule has 2 N–H and O–H groups in total. The lowest BCUT2D eigenvalue weighted by Gasteiger charge is -2.25. The third kappa shape index (κ3) is 3.40. The topological polar surface area (TPSA) is 68.3 Å². The van der Waals surface area contributed by atoms with E-state index in [4.69, 9.17) is 9.47 Å². The van der Waals surface area contributed by atoms with Gasteiger partial charge in [0.2, 0.25) is 0 Å². The second kappa shape index (κ2) is 6.27. The highest BCUT2D eigenvalue weighted by atomic mass is 16.5. The van der Waals surface area contributed by atoms with Crippen LogP contribution in [-0.2, 0) is 9.47 Å². The van der Waals surface area contributed by atoms with Crippen molar-refractivity contribution < 1.29 is 9.47 Å². The minimum Gasteiger partial charge on any atom is -0.381 e. The minimum absolute atomic E-state index is 0.102. The van der Waals surface area contributed by atoms with Crippen LogP contribution in [-0.4, -0.2) is 49.0 Å². The Labute approximate surface area is 112 Å². The molecule has 0 aromatic carbocycles. The predicted molar refractivity (Wildman–Crippen MR) is 71.1 cm³/mol. The molecule has 0 saturated carbocycles. The van der Waals surface area contributed by atoms with Gasteiger partial charge in [-0.05, 0) is 18.9 Å². The van der Waals surface area contributed by atoms with Crippen LogP contribution in [0.25, 0.3) is 0 Å². The highest BCUT2D eigenvalue weighted by Gasteiger charge is 2.19. The van der Waals surface area contributed by atoms with Crippen molar-refractivity contribution in [3.05, 3.63) is 18.1 Å². The van der Waals surface area contributed by atoms with Crippen molar-refractivity contribution in [1.29, 1.82) is 0 Å². The zero-order valence-electron chi connectivity index (χ0n) is 11.0. The van der Waals surface area contributed by atoms with Crippen LogP contribution < -0.4 is 10.6 Å². The van der Waals surface area contributed by atoms with E-state index in [0.29, 0.717) is 12.6 Å². The van der Waals surface area contributed by atoms with Gasteiger partial charge in [-0.15, -0.1) is 0 Å². The molecule has 1 aromatic heterocycles. The standard InChI is InChI=1S/C13H20N4O2/c1-4-15-13(11-9-19-8-5-14-11)17-12(1)16-10-2-6-18-7-3-10/h1,4,10-11,14H,2-3,5-9H2,(H,15,16,17)/t11-/m1/s1. The summed E-state index contributed by atoms with van der Waals surface area (Å²) >= 11 is 0. The Morgan fingerprint density at radius 3 is 2.89 bits per heavy atom. The van der Waals surface area contributed by atoms with Gasteiger partial charge in [-0.1, -0.05) is 0 Å². The second-order valence-electron chi connectivity index (χ2n) is 4.91. The molecule has 0 radical (unpaired) electrons. The van der Waals surface area contributed by atoms with Gasteiger partial charge in [-0.25, -0.2) is 9.97 Å². The van der Waals surface area contributed by atoms with Crippen molar-refractivity contribution in [2.45, 2.75) is 24.9 Å². The summed E-state index contributed by atoms with van der Waals surface area (Å²) < 4.78 is 10.8. The summed E-state index contributed by atoms with van der Waals surface area (Å²) in [5, 5.41) is 6.83. The summed E-state index contributed by atoms with van der Waals surface area (Å²) in [7, 11) is 0. The maximum atomic E-state index is 5.45. The van der Waals surface area contributed by atoms with Gasteiger partial charge in [0.25, 0.3) is 0 Å². The van der Waals surface area contributed by atoms with E-state index in [9.17, 15) is 0 Å². The summed E-state index contributed by atoms with van der Waals surface area (Å²) in [5.41, 5.74) is 0. The molecule has 3 heterocycles. The van der Waals surface area contributed by atoms with E-state index in [-0.39, 0.29) is 6.04 Å². The molecular formula is C13H20N4O2. The van der Waals surface area contributed by atoms with Crippen LogP contribution in [0.2, 0.25) is 0 Å². The monoisotopic (exact) mass is 264 g/mol. The lowest BCUT2D eigenvalue weighted by atomic mass is 10.1. The van der Waals surface area contributed by atoms with Crippen molar-refractivity contribution in [2.75, 3.05) is 38.3 Å². The molecule has 3 rings (SSSR count). The van der Waals surface area contributed by atoms with E-state index in [1.807, 2.05) is 6.07 Å². The van der Waals surface area contributed by atoms with Crippen LogP contribution in [0.1, 0.15) is 24.7 Å². The van der Waals surface area contributed by atoms with E-state index in [2.05, 4.69) is 20.6 Å². The first kappa shape index (κ1) is 12.8. The van der Waals surface area contributed by atoms with Gasteiger partial charge in [0.1, 0.15) is 11.6 Å². The molecular weight excluding hydrogens is 244 g/mol. The van der Waals surface area contributed by atoms with Gasteiger partial charge in [-0.2, -0.15) is 0 Å². The van der Waals surface area contributed by atoms with Crippen molar-refractivity contribution in [2.24, 2.45) is 0 Å². The first-order valence-electron chi connectivity index (χ1n) is 6.90. The van der Waals surface area contributed by atoms with Crippen molar-refractivity contribution in [3.8, 4) is 0 Å². The molecule has 0 bridgehead atoms. The number of anilines is 1. The molecule has 104 valence electrons. The zero-order valence-corrected chi connectivity index (χ0v) is 11.0. The maximum Gasteiger partial charge on any atom is 0.149 e. The quantitative estimate of drug-likeness (QED) is 0.839. The smallest absolute Gasteiger partial charge is 0.149 e. The number of morpholine rings is 1. The number of hydrogen-bond donors (Lipinski definition) is 2. The van der Waals surface area contributed by atoms with Gasteiger partial charge < -0.3 is 20.1 Å². The van der Waals surface area contributed by atoms with Crippen LogP contribution in [0.5, 0.6) is 0 Å². The van der Waals surface area contributed by atoms with Gasteiger partial charge in [0, 0.05) is 32.0 Å². The average Bonchev–Trinajstić information content (AvgIpc) is 2.49. The highest BCUT2D eigenvalue weighted by Crippen LogP contribution is 2.16. The molecule has 1 aromatic rings. The van der Waals surface area contributed by atoms with Crippen LogP contribution in [0.15, 0.2) is 12.3 Å². The molecule has 0 spiro atoms. The fourth-order valence-electron chi connectivity index (χ4n) is 2.40. The summed E-state index contributed by atoms with van der Waals surface area (Å²) in [6.07, 6.45) is 3.87. The number of rotatable bonds is 3. The van der Waals surface area contributed by atoms with E-state index < -0.39 is 0 Å². The summed E-state index contributed by atoms with van der Waals surface area (Å²) in [5.74, 6) is 1.70. The first-order valence-corrected chi connectivity index (χ1v) is 6.90. The Balaban J connectivity index is 1.64. The first-order chi connectivity index (χ1) is 9.42. The van der Waals surface area contributed by atoms with E-state index in [0.717, 1.165) is 50.8 Å². The van der Waals surface area contributed by atoms with Crippen LogP contribution in [0.3, 0.4) is 0 Å². The zero-order chi connectivity index (χ0) is 12.9. The lowest BCUT2D eigenvalue weighted by Crippen LogP contribution is -2.36. The number of ether oxygens (including phenoxy) is 2. The maximum absolute atomic E-state index is 5.45. The Morgan fingerprint density at radius 1 is 1.21 bits per heavy atom. The fraction of sp³-hybridized carbons (Fsp3) is 0.692. The normalized spacial score (nSPS) is 25.2. The van der Waals surface area contributed by atoms with Gasteiger partial charge in [0.15, 0.2) is 0 Å².